The zero-order chi connectivity index (χ0) is 20.5. The number of thiazole rings is 1. The molecule has 1 amide bonds. The quantitative estimate of drug-likeness (QED) is 0.538. The SMILES string of the molecule is Cn1c(CN2CCN(CC(=O)Nc3nc4ccccc4s3)CC2)nc2ccccc21. The van der Waals surface area contributed by atoms with Crippen molar-refractivity contribution in [2.75, 3.05) is 38.0 Å². The van der Waals surface area contributed by atoms with Gasteiger partial charge in [-0.2, -0.15) is 0 Å². The first-order valence-electron chi connectivity index (χ1n) is 10.2. The number of rotatable bonds is 5. The van der Waals surface area contributed by atoms with Crippen LogP contribution in [0.4, 0.5) is 5.13 Å². The van der Waals surface area contributed by atoms with Crippen molar-refractivity contribution in [1.82, 2.24) is 24.3 Å². The Hall–Kier alpha value is -2.81. The Morgan fingerprint density at radius 2 is 1.67 bits per heavy atom. The Balaban J connectivity index is 1.14. The first-order valence-corrected chi connectivity index (χ1v) is 11.0. The number of hydrogen-bond donors (Lipinski definition) is 1. The van der Waals surface area contributed by atoms with E-state index in [-0.39, 0.29) is 5.91 Å². The predicted molar refractivity (Wildman–Crippen MR) is 121 cm³/mol. The summed E-state index contributed by atoms with van der Waals surface area (Å²) in [5, 5.41) is 3.62. The smallest absolute Gasteiger partial charge is 0.240 e. The van der Waals surface area contributed by atoms with Crippen LogP contribution in [0.2, 0.25) is 0 Å². The van der Waals surface area contributed by atoms with Crippen LogP contribution in [0.1, 0.15) is 5.82 Å². The maximum absolute atomic E-state index is 12.5. The summed E-state index contributed by atoms with van der Waals surface area (Å²) in [7, 11) is 2.08. The highest BCUT2D eigenvalue weighted by Gasteiger charge is 2.21. The van der Waals surface area contributed by atoms with Crippen molar-refractivity contribution >= 4 is 43.6 Å². The summed E-state index contributed by atoms with van der Waals surface area (Å²) in [6, 6.07) is 16.2. The molecule has 1 fully saturated rings. The largest absolute Gasteiger partial charge is 0.330 e. The summed E-state index contributed by atoms with van der Waals surface area (Å²) in [6.07, 6.45) is 0. The van der Waals surface area contributed by atoms with E-state index in [1.165, 1.54) is 11.3 Å². The number of aromatic nitrogens is 3. The Labute approximate surface area is 178 Å². The molecule has 1 aliphatic heterocycles. The molecule has 2 aromatic carbocycles. The van der Waals surface area contributed by atoms with Crippen LogP contribution in [-0.2, 0) is 18.4 Å². The van der Waals surface area contributed by atoms with Gasteiger partial charge < -0.3 is 9.88 Å². The van der Waals surface area contributed by atoms with E-state index < -0.39 is 0 Å². The van der Waals surface area contributed by atoms with E-state index in [1.807, 2.05) is 36.4 Å². The van der Waals surface area contributed by atoms with Crippen LogP contribution in [0.5, 0.6) is 0 Å². The van der Waals surface area contributed by atoms with Gasteiger partial charge in [0.2, 0.25) is 5.91 Å². The van der Waals surface area contributed by atoms with Gasteiger partial charge in [-0.05, 0) is 24.3 Å². The molecule has 0 aliphatic carbocycles. The highest BCUT2D eigenvalue weighted by atomic mass is 32.1. The first kappa shape index (κ1) is 19.2. The lowest BCUT2D eigenvalue weighted by Crippen LogP contribution is -2.48. The minimum Gasteiger partial charge on any atom is -0.330 e. The standard InChI is InChI=1S/C22H24N6OS/c1-26-18-8-4-2-6-16(18)23-20(26)14-27-10-12-28(13-11-27)15-21(29)25-22-24-17-7-3-5-9-19(17)30-22/h2-9H,10-15H2,1H3,(H,24,25,29). The van der Waals surface area contributed by atoms with Gasteiger partial charge in [0.25, 0.3) is 0 Å². The minimum absolute atomic E-state index is 0.00198. The van der Waals surface area contributed by atoms with E-state index in [4.69, 9.17) is 4.98 Å². The van der Waals surface area contributed by atoms with E-state index in [2.05, 4.69) is 43.8 Å². The summed E-state index contributed by atoms with van der Waals surface area (Å²) in [5.74, 6) is 1.08. The van der Waals surface area contributed by atoms with Gasteiger partial charge in [-0.15, -0.1) is 0 Å². The molecule has 0 atom stereocenters. The van der Waals surface area contributed by atoms with Crippen LogP contribution >= 0.6 is 11.3 Å². The monoisotopic (exact) mass is 420 g/mol. The van der Waals surface area contributed by atoms with Gasteiger partial charge in [0.15, 0.2) is 5.13 Å². The average molecular weight is 421 g/mol. The average Bonchev–Trinajstić information content (AvgIpc) is 3.30. The van der Waals surface area contributed by atoms with Crippen LogP contribution in [0.3, 0.4) is 0 Å². The van der Waals surface area contributed by atoms with Gasteiger partial charge in [0.05, 0.1) is 34.3 Å². The number of fused-ring (bicyclic) bond motifs is 2. The number of para-hydroxylation sites is 3. The number of aryl methyl sites for hydroxylation is 1. The van der Waals surface area contributed by atoms with Crippen LogP contribution in [-0.4, -0.2) is 63.0 Å². The van der Waals surface area contributed by atoms with E-state index in [9.17, 15) is 4.79 Å². The summed E-state index contributed by atoms with van der Waals surface area (Å²) in [6.45, 7) is 4.83. The third-order valence-electron chi connectivity index (χ3n) is 5.62. The van der Waals surface area contributed by atoms with Gasteiger partial charge in [-0.1, -0.05) is 35.6 Å². The predicted octanol–water partition coefficient (Wildman–Crippen LogP) is 2.94. The molecule has 1 N–H and O–H groups in total. The lowest BCUT2D eigenvalue weighted by Gasteiger charge is -2.33. The summed E-state index contributed by atoms with van der Waals surface area (Å²) < 4.78 is 3.26. The fraction of sp³-hybridized carbons (Fsp3) is 0.318. The molecule has 30 heavy (non-hydrogen) atoms. The van der Waals surface area contributed by atoms with Gasteiger partial charge in [0, 0.05) is 33.2 Å². The molecular weight excluding hydrogens is 396 g/mol. The molecular formula is C22H24N6OS. The first-order chi connectivity index (χ1) is 14.7. The second kappa shape index (κ2) is 8.14. The van der Waals surface area contributed by atoms with Crippen molar-refractivity contribution in [3.8, 4) is 0 Å². The molecule has 0 bridgehead atoms. The van der Waals surface area contributed by atoms with E-state index in [1.54, 1.807) is 0 Å². The molecule has 1 saturated heterocycles. The van der Waals surface area contributed by atoms with Crippen molar-refractivity contribution in [2.24, 2.45) is 7.05 Å². The number of imidazole rings is 1. The van der Waals surface area contributed by atoms with Crippen molar-refractivity contribution in [2.45, 2.75) is 6.54 Å². The molecule has 0 saturated carbocycles. The van der Waals surface area contributed by atoms with Gasteiger partial charge >= 0.3 is 0 Å². The molecule has 154 valence electrons. The van der Waals surface area contributed by atoms with Crippen molar-refractivity contribution < 1.29 is 4.79 Å². The van der Waals surface area contributed by atoms with E-state index in [0.717, 1.165) is 59.8 Å². The number of carbonyl (C=O) groups is 1. The van der Waals surface area contributed by atoms with Crippen LogP contribution in [0.25, 0.3) is 21.3 Å². The molecule has 4 aromatic rings. The Bertz CT molecular complexity index is 1160. The number of piperazine rings is 1. The number of anilines is 1. The number of benzene rings is 2. The van der Waals surface area contributed by atoms with Crippen molar-refractivity contribution in [3.63, 3.8) is 0 Å². The Morgan fingerprint density at radius 3 is 2.43 bits per heavy atom. The maximum Gasteiger partial charge on any atom is 0.240 e. The molecule has 7 nitrogen and oxygen atoms in total. The normalized spacial score (nSPS) is 15.8. The second-order valence-electron chi connectivity index (χ2n) is 7.66. The van der Waals surface area contributed by atoms with Gasteiger partial charge in [-0.25, -0.2) is 9.97 Å². The number of nitrogens with zero attached hydrogens (tertiary/aromatic N) is 5. The number of amides is 1. The lowest BCUT2D eigenvalue weighted by atomic mass is 10.3. The van der Waals surface area contributed by atoms with Gasteiger partial charge in [0.1, 0.15) is 5.82 Å². The van der Waals surface area contributed by atoms with Crippen LogP contribution < -0.4 is 5.32 Å². The highest BCUT2D eigenvalue weighted by molar-refractivity contribution is 7.22. The second-order valence-corrected chi connectivity index (χ2v) is 8.69. The zero-order valence-corrected chi connectivity index (χ0v) is 17.7. The topological polar surface area (TPSA) is 66.3 Å². The molecule has 3 heterocycles. The summed E-state index contributed by atoms with van der Waals surface area (Å²) in [4.78, 5) is 26.3. The molecule has 5 rings (SSSR count). The Kier molecular flexibility index (Phi) is 5.20. The number of carbonyl (C=O) groups excluding carboxylic acids is 1. The van der Waals surface area contributed by atoms with Crippen molar-refractivity contribution in [1.29, 1.82) is 0 Å². The third-order valence-corrected chi connectivity index (χ3v) is 6.57. The highest BCUT2D eigenvalue weighted by Crippen LogP contribution is 2.25. The lowest BCUT2D eigenvalue weighted by molar-refractivity contribution is -0.117. The fourth-order valence-corrected chi connectivity index (χ4v) is 4.81. The molecule has 0 radical (unpaired) electrons. The van der Waals surface area contributed by atoms with E-state index >= 15 is 0 Å². The third kappa shape index (κ3) is 3.94. The maximum atomic E-state index is 12.5. The molecule has 8 heteroatoms. The summed E-state index contributed by atoms with van der Waals surface area (Å²) >= 11 is 1.51. The van der Waals surface area contributed by atoms with Gasteiger partial charge in [-0.3, -0.25) is 14.6 Å². The molecule has 2 aromatic heterocycles. The Morgan fingerprint density at radius 1 is 0.967 bits per heavy atom. The van der Waals surface area contributed by atoms with E-state index in [0.29, 0.717) is 11.7 Å². The molecule has 0 unspecified atom stereocenters. The summed E-state index contributed by atoms with van der Waals surface area (Å²) in [5.41, 5.74) is 3.13. The fourth-order valence-electron chi connectivity index (χ4n) is 3.93. The van der Waals surface area contributed by atoms with Crippen molar-refractivity contribution in [3.05, 3.63) is 54.4 Å². The van der Waals surface area contributed by atoms with Crippen LogP contribution in [0, 0.1) is 0 Å². The molecule has 1 aliphatic rings. The molecule has 0 spiro atoms. The van der Waals surface area contributed by atoms with Crippen LogP contribution in [0.15, 0.2) is 48.5 Å². The number of nitrogens with one attached hydrogen (secondary N) is 1. The zero-order valence-electron chi connectivity index (χ0n) is 16.9. The minimum atomic E-state index is -0.00198. The number of hydrogen-bond acceptors (Lipinski definition) is 6.